The third-order valence-corrected chi connectivity index (χ3v) is 5.14. The number of carbonyl (C=O) groups is 1. The number of carbonyl (C=O) groups excluding carboxylic acids is 1. The summed E-state index contributed by atoms with van der Waals surface area (Å²) in [4.78, 5) is 15.4. The molecule has 0 spiro atoms. The molecule has 0 saturated carbocycles. The van der Waals surface area contributed by atoms with Crippen LogP contribution < -0.4 is 0 Å². The molecular formula is C16H15Cl2N3O2S. The highest BCUT2D eigenvalue weighted by atomic mass is 35.5. The fourth-order valence-electron chi connectivity index (χ4n) is 2.50. The van der Waals surface area contributed by atoms with Gasteiger partial charge in [0.2, 0.25) is 0 Å². The number of rotatable bonds is 7. The summed E-state index contributed by atoms with van der Waals surface area (Å²) >= 11 is 13.5. The molecule has 0 aliphatic rings. The molecule has 2 aromatic rings. The van der Waals surface area contributed by atoms with Gasteiger partial charge in [0.25, 0.3) is 0 Å². The molecule has 1 heterocycles. The summed E-state index contributed by atoms with van der Waals surface area (Å²) in [5.41, 5.74) is 9.89. The van der Waals surface area contributed by atoms with Crippen molar-refractivity contribution in [2.24, 2.45) is 5.11 Å². The van der Waals surface area contributed by atoms with E-state index in [0.717, 1.165) is 10.4 Å². The van der Waals surface area contributed by atoms with E-state index in [0.29, 0.717) is 15.8 Å². The first-order chi connectivity index (χ1) is 11.5. The third kappa shape index (κ3) is 4.89. The molecule has 0 saturated heterocycles. The highest BCUT2D eigenvalue weighted by Gasteiger charge is 2.26. The van der Waals surface area contributed by atoms with Crippen molar-refractivity contribution in [3.63, 3.8) is 0 Å². The van der Waals surface area contributed by atoms with Crippen LogP contribution in [0.3, 0.4) is 0 Å². The molecule has 126 valence electrons. The minimum atomic E-state index is -0.476. The molecule has 24 heavy (non-hydrogen) atoms. The lowest BCUT2D eigenvalue weighted by Gasteiger charge is -2.23. The van der Waals surface area contributed by atoms with Crippen LogP contribution in [0, 0.1) is 0 Å². The Labute approximate surface area is 153 Å². The summed E-state index contributed by atoms with van der Waals surface area (Å²) in [5.74, 6) is -0.528. The minimum absolute atomic E-state index is 0.213. The number of esters is 1. The summed E-state index contributed by atoms with van der Waals surface area (Å²) in [5, 5.41) is 4.54. The van der Waals surface area contributed by atoms with Gasteiger partial charge in [-0.2, -0.15) is 0 Å². The molecule has 0 fully saturated rings. The van der Waals surface area contributed by atoms with Crippen molar-refractivity contribution in [1.29, 1.82) is 0 Å². The van der Waals surface area contributed by atoms with Gasteiger partial charge in [-0.3, -0.25) is 4.79 Å². The molecule has 0 bridgehead atoms. The first-order valence-corrected chi connectivity index (χ1v) is 8.74. The van der Waals surface area contributed by atoms with E-state index in [1.807, 2.05) is 24.3 Å². The van der Waals surface area contributed by atoms with Gasteiger partial charge in [-0.05, 0) is 47.7 Å². The molecular weight excluding hydrogens is 369 g/mol. The number of ether oxygens (including phenoxy) is 1. The maximum atomic E-state index is 11.6. The quantitative estimate of drug-likeness (QED) is 0.249. The molecule has 5 nitrogen and oxygen atoms in total. The molecule has 0 aliphatic heterocycles. The standard InChI is InChI=1S/C16H15Cl2N3O2S/c1-23-15(22)8-5-12(10-3-2-4-11(17)9-10)16(20-21-19)13-6-7-14(18)24-13/h2-4,6-7,9,12,16H,5,8H2,1H3/t12-,16+/m1/s1. The van der Waals surface area contributed by atoms with Gasteiger partial charge in [-0.1, -0.05) is 40.4 Å². The van der Waals surface area contributed by atoms with Gasteiger partial charge in [0.15, 0.2) is 0 Å². The van der Waals surface area contributed by atoms with Crippen LogP contribution in [0.15, 0.2) is 41.5 Å². The van der Waals surface area contributed by atoms with Crippen molar-refractivity contribution in [2.45, 2.75) is 24.8 Å². The van der Waals surface area contributed by atoms with E-state index in [1.54, 1.807) is 12.1 Å². The fourth-order valence-corrected chi connectivity index (χ4v) is 3.86. The molecule has 8 heteroatoms. The Kier molecular flexibility index (Phi) is 6.94. The smallest absolute Gasteiger partial charge is 0.305 e. The molecule has 0 unspecified atom stereocenters. The maximum Gasteiger partial charge on any atom is 0.305 e. The van der Waals surface area contributed by atoms with E-state index in [2.05, 4.69) is 10.0 Å². The first-order valence-electron chi connectivity index (χ1n) is 7.17. The third-order valence-electron chi connectivity index (χ3n) is 3.61. The summed E-state index contributed by atoms with van der Waals surface area (Å²) in [6.07, 6.45) is 0.677. The Hall–Kier alpha value is -1.72. The first kappa shape index (κ1) is 18.6. The van der Waals surface area contributed by atoms with Crippen LogP contribution in [0.5, 0.6) is 0 Å². The average Bonchev–Trinajstić information content (AvgIpc) is 3.00. The lowest BCUT2D eigenvalue weighted by atomic mass is 9.87. The number of halogens is 2. The van der Waals surface area contributed by atoms with Gasteiger partial charge < -0.3 is 4.74 Å². The Morgan fingerprint density at radius 3 is 2.75 bits per heavy atom. The predicted octanol–water partition coefficient (Wildman–Crippen LogP) is 6.14. The van der Waals surface area contributed by atoms with Crippen molar-refractivity contribution in [3.05, 3.63) is 66.6 Å². The van der Waals surface area contributed by atoms with Crippen LogP contribution >= 0.6 is 34.5 Å². The summed E-state index contributed by atoms with van der Waals surface area (Å²) in [7, 11) is 1.35. The van der Waals surface area contributed by atoms with E-state index in [-0.39, 0.29) is 18.3 Å². The molecule has 0 N–H and O–H groups in total. The summed E-state index contributed by atoms with van der Waals surface area (Å²) < 4.78 is 5.33. The predicted molar refractivity (Wildman–Crippen MR) is 96.7 cm³/mol. The second-order valence-electron chi connectivity index (χ2n) is 5.07. The zero-order chi connectivity index (χ0) is 17.5. The number of hydrogen-bond donors (Lipinski definition) is 0. The van der Waals surface area contributed by atoms with Crippen molar-refractivity contribution in [2.75, 3.05) is 7.11 Å². The molecule has 2 rings (SSSR count). The zero-order valence-electron chi connectivity index (χ0n) is 12.9. The number of nitrogens with zero attached hydrogens (tertiary/aromatic N) is 3. The zero-order valence-corrected chi connectivity index (χ0v) is 15.2. The van der Waals surface area contributed by atoms with E-state index < -0.39 is 6.04 Å². The largest absolute Gasteiger partial charge is 0.469 e. The number of thiophene rings is 1. The van der Waals surface area contributed by atoms with Crippen LogP contribution in [-0.4, -0.2) is 13.1 Å². The minimum Gasteiger partial charge on any atom is -0.469 e. The molecule has 0 amide bonds. The molecule has 0 radical (unpaired) electrons. The average molecular weight is 384 g/mol. The van der Waals surface area contributed by atoms with Crippen molar-refractivity contribution < 1.29 is 9.53 Å². The highest BCUT2D eigenvalue weighted by Crippen LogP contribution is 2.42. The monoisotopic (exact) mass is 383 g/mol. The lowest BCUT2D eigenvalue weighted by molar-refractivity contribution is -0.140. The van der Waals surface area contributed by atoms with Crippen LogP contribution in [0.2, 0.25) is 9.36 Å². The van der Waals surface area contributed by atoms with Gasteiger partial charge in [0.05, 0.1) is 17.5 Å². The van der Waals surface area contributed by atoms with Crippen molar-refractivity contribution >= 4 is 40.5 Å². The van der Waals surface area contributed by atoms with Gasteiger partial charge in [-0.25, -0.2) is 0 Å². The summed E-state index contributed by atoms with van der Waals surface area (Å²) in [6, 6.07) is 10.4. The number of hydrogen-bond acceptors (Lipinski definition) is 4. The van der Waals surface area contributed by atoms with Gasteiger partial charge in [0.1, 0.15) is 0 Å². The van der Waals surface area contributed by atoms with Crippen molar-refractivity contribution in [3.8, 4) is 0 Å². The normalized spacial score (nSPS) is 13.0. The van der Waals surface area contributed by atoms with Gasteiger partial charge in [-0.15, -0.1) is 11.3 Å². The van der Waals surface area contributed by atoms with Crippen molar-refractivity contribution in [1.82, 2.24) is 0 Å². The van der Waals surface area contributed by atoms with Gasteiger partial charge >= 0.3 is 5.97 Å². The molecule has 2 atom stereocenters. The second-order valence-corrected chi connectivity index (χ2v) is 7.25. The van der Waals surface area contributed by atoms with Crippen LogP contribution in [0.4, 0.5) is 0 Å². The fraction of sp³-hybridized carbons (Fsp3) is 0.312. The maximum absolute atomic E-state index is 11.6. The topological polar surface area (TPSA) is 75.1 Å². The Balaban J connectivity index is 2.41. The highest BCUT2D eigenvalue weighted by molar-refractivity contribution is 7.16. The Bertz CT molecular complexity index is 759. The van der Waals surface area contributed by atoms with E-state index in [4.69, 9.17) is 33.5 Å². The number of benzene rings is 1. The SMILES string of the molecule is COC(=O)CC[C@H](c1cccc(Cl)c1)[C@H](N=[N+]=[N-])c1ccc(Cl)s1. The van der Waals surface area contributed by atoms with Gasteiger partial charge in [0, 0.05) is 21.2 Å². The number of methoxy groups -OCH3 is 1. The Morgan fingerprint density at radius 2 is 2.17 bits per heavy atom. The van der Waals surface area contributed by atoms with Crippen LogP contribution in [-0.2, 0) is 9.53 Å². The molecule has 0 aliphatic carbocycles. The Morgan fingerprint density at radius 1 is 1.38 bits per heavy atom. The van der Waals surface area contributed by atoms with Crippen LogP contribution in [0.1, 0.15) is 35.2 Å². The van der Waals surface area contributed by atoms with E-state index in [9.17, 15) is 4.79 Å². The second kappa shape index (κ2) is 8.94. The number of azide groups is 1. The molecule has 1 aromatic carbocycles. The van der Waals surface area contributed by atoms with E-state index >= 15 is 0 Å². The van der Waals surface area contributed by atoms with Crippen LogP contribution in [0.25, 0.3) is 10.4 Å². The summed E-state index contributed by atoms with van der Waals surface area (Å²) in [6.45, 7) is 0. The van der Waals surface area contributed by atoms with E-state index in [1.165, 1.54) is 18.4 Å². The lowest BCUT2D eigenvalue weighted by Crippen LogP contribution is -2.11. The molecule has 1 aromatic heterocycles.